The van der Waals surface area contributed by atoms with Crippen LogP contribution in [-0.4, -0.2) is 22.8 Å². The Morgan fingerprint density at radius 2 is 2.21 bits per heavy atom. The lowest BCUT2D eigenvalue weighted by Gasteiger charge is -2.16. The second-order valence-electron chi connectivity index (χ2n) is 4.29. The van der Waals surface area contributed by atoms with Crippen molar-refractivity contribution < 1.29 is 9.21 Å². The highest BCUT2D eigenvalue weighted by molar-refractivity contribution is 5.91. The van der Waals surface area contributed by atoms with Gasteiger partial charge in [-0.05, 0) is 18.6 Å². The molecule has 5 nitrogen and oxygen atoms in total. The Morgan fingerprint density at radius 1 is 1.42 bits per heavy atom. The van der Waals surface area contributed by atoms with Crippen molar-refractivity contribution in [3.8, 4) is 0 Å². The van der Waals surface area contributed by atoms with Crippen molar-refractivity contribution in [2.75, 3.05) is 7.05 Å². The standard InChI is InChI=1S/C14H14N2O3/c1-10-6-12(17)7-13(19-10)14(18)16(2)9-11-4-3-5-15-8-11/h3-8H,9H2,1-2H3. The molecule has 1 amide bonds. The molecule has 0 aromatic carbocycles. The zero-order chi connectivity index (χ0) is 13.8. The maximum absolute atomic E-state index is 12.1. The molecule has 0 bridgehead atoms. The van der Waals surface area contributed by atoms with E-state index in [4.69, 9.17) is 4.42 Å². The highest BCUT2D eigenvalue weighted by atomic mass is 16.3. The van der Waals surface area contributed by atoms with E-state index in [-0.39, 0.29) is 17.1 Å². The highest BCUT2D eigenvalue weighted by Crippen LogP contribution is 2.07. The maximum atomic E-state index is 12.1. The molecular formula is C14H14N2O3. The first-order valence-corrected chi connectivity index (χ1v) is 5.82. The first-order chi connectivity index (χ1) is 9.06. The van der Waals surface area contributed by atoms with Gasteiger partial charge in [0.1, 0.15) is 5.76 Å². The van der Waals surface area contributed by atoms with Crippen molar-refractivity contribution in [3.05, 3.63) is 64.0 Å². The average molecular weight is 258 g/mol. The van der Waals surface area contributed by atoms with Crippen molar-refractivity contribution in [1.82, 2.24) is 9.88 Å². The quantitative estimate of drug-likeness (QED) is 0.839. The second kappa shape index (κ2) is 5.48. The van der Waals surface area contributed by atoms with Gasteiger partial charge in [-0.3, -0.25) is 14.6 Å². The smallest absolute Gasteiger partial charge is 0.289 e. The summed E-state index contributed by atoms with van der Waals surface area (Å²) in [6.45, 7) is 2.05. The predicted molar refractivity (Wildman–Crippen MR) is 69.7 cm³/mol. The van der Waals surface area contributed by atoms with Crippen LogP contribution in [0.3, 0.4) is 0 Å². The number of aryl methyl sites for hydroxylation is 1. The minimum atomic E-state index is -0.329. The molecule has 0 aliphatic heterocycles. The summed E-state index contributed by atoms with van der Waals surface area (Å²) in [6, 6.07) is 6.23. The minimum Gasteiger partial charge on any atom is -0.456 e. The third kappa shape index (κ3) is 3.28. The minimum absolute atomic E-state index is 0.0522. The number of rotatable bonds is 3. The van der Waals surface area contributed by atoms with E-state index in [1.807, 2.05) is 6.07 Å². The summed E-state index contributed by atoms with van der Waals surface area (Å²) >= 11 is 0. The SMILES string of the molecule is Cc1cc(=O)cc(C(=O)N(C)Cc2cccnc2)o1. The molecule has 0 saturated heterocycles. The molecule has 19 heavy (non-hydrogen) atoms. The summed E-state index contributed by atoms with van der Waals surface area (Å²) in [5.41, 5.74) is 0.676. The van der Waals surface area contributed by atoms with E-state index < -0.39 is 0 Å². The van der Waals surface area contributed by atoms with Crippen LogP contribution < -0.4 is 5.43 Å². The van der Waals surface area contributed by atoms with Gasteiger partial charge in [-0.2, -0.15) is 0 Å². The molecule has 0 saturated carbocycles. The van der Waals surface area contributed by atoms with Crippen LogP contribution in [0.15, 0.2) is 45.9 Å². The van der Waals surface area contributed by atoms with Gasteiger partial charge < -0.3 is 9.32 Å². The number of amides is 1. The summed E-state index contributed by atoms with van der Waals surface area (Å²) in [4.78, 5) is 28.9. The van der Waals surface area contributed by atoms with Gasteiger partial charge in [0.2, 0.25) is 0 Å². The first-order valence-electron chi connectivity index (χ1n) is 5.82. The zero-order valence-electron chi connectivity index (χ0n) is 10.8. The summed E-state index contributed by atoms with van der Waals surface area (Å²) < 4.78 is 5.27. The van der Waals surface area contributed by atoms with Gasteiger partial charge in [0, 0.05) is 38.1 Å². The molecule has 98 valence electrons. The third-order valence-electron chi connectivity index (χ3n) is 2.59. The van der Waals surface area contributed by atoms with Crippen molar-refractivity contribution >= 4 is 5.91 Å². The van der Waals surface area contributed by atoms with Crippen LogP contribution in [0.5, 0.6) is 0 Å². The van der Waals surface area contributed by atoms with Crippen LogP contribution in [0.25, 0.3) is 0 Å². The normalized spacial score (nSPS) is 10.2. The lowest BCUT2D eigenvalue weighted by Crippen LogP contribution is -2.27. The summed E-state index contributed by atoms with van der Waals surface area (Å²) in [5, 5.41) is 0. The Balaban J connectivity index is 2.17. The zero-order valence-corrected chi connectivity index (χ0v) is 10.8. The Hall–Kier alpha value is -2.43. The average Bonchev–Trinajstić information content (AvgIpc) is 2.37. The van der Waals surface area contributed by atoms with Gasteiger partial charge in [0.15, 0.2) is 11.2 Å². The molecule has 0 N–H and O–H groups in total. The molecule has 0 radical (unpaired) electrons. The van der Waals surface area contributed by atoms with E-state index >= 15 is 0 Å². The Bertz CT molecular complexity index is 635. The predicted octanol–water partition coefficient (Wildman–Crippen LogP) is 1.62. The molecular weight excluding hydrogens is 244 g/mol. The van der Waals surface area contributed by atoms with Gasteiger partial charge in [-0.15, -0.1) is 0 Å². The van der Waals surface area contributed by atoms with E-state index in [0.717, 1.165) is 5.56 Å². The molecule has 0 fully saturated rings. The van der Waals surface area contributed by atoms with E-state index in [1.165, 1.54) is 17.0 Å². The van der Waals surface area contributed by atoms with Gasteiger partial charge in [-0.25, -0.2) is 0 Å². The Morgan fingerprint density at radius 3 is 2.84 bits per heavy atom. The van der Waals surface area contributed by atoms with Gasteiger partial charge in [0.05, 0.1) is 0 Å². The number of hydrogen-bond acceptors (Lipinski definition) is 4. The Labute approximate surface area is 110 Å². The van der Waals surface area contributed by atoms with Crippen molar-refractivity contribution in [1.29, 1.82) is 0 Å². The number of nitrogens with zero attached hydrogens (tertiary/aromatic N) is 2. The number of pyridine rings is 1. The summed E-state index contributed by atoms with van der Waals surface area (Å²) in [6.07, 6.45) is 3.36. The highest BCUT2D eigenvalue weighted by Gasteiger charge is 2.15. The van der Waals surface area contributed by atoms with E-state index in [9.17, 15) is 9.59 Å². The van der Waals surface area contributed by atoms with Crippen molar-refractivity contribution in [2.24, 2.45) is 0 Å². The van der Waals surface area contributed by atoms with Crippen LogP contribution >= 0.6 is 0 Å². The van der Waals surface area contributed by atoms with Crippen LogP contribution in [0, 0.1) is 6.92 Å². The molecule has 0 aliphatic rings. The lowest BCUT2D eigenvalue weighted by molar-refractivity contribution is 0.0749. The topological polar surface area (TPSA) is 63.4 Å². The molecule has 0 unspecified atom stereocenters. The first kappa shape index (κ1) is 13.0. The molecule has 2 rings (SSSR count). The van der Waals surface area contributed by atoms with Crippen molar-refractivity contribution in [2.45, 2.75) is 13.5 Å². The number of aromatic nitrogens is 1. The number of carbonyl (C=O) groups excluding carboxylic acids is 1. The van der Waals surface area contributed by atoms with Gasteiger partial charge in [-0.1, -0.05) is 6.07 Å². The molecule has 2 heterocycles. The largest absolute Gasteiger partial charge is 0.456 e. The fourth-order valence-electron chi connectivity index (χ4n) is 1.73. The van der Waals surface area contributed by atoms with Crippen LogP contribution in [-0.2, 0) is 6.54 Å². The molecule has 0 spiro atoms. The molecule has 2 aromatic heterocycles. The fraction of sp³-hybridized carbons (Fsp3) is 0.214. The molecule has 0 aliphatic carbocycles. The van der Waals surface area contributed by atoms with Crippen LogP contribution in [0.1, 0.15) is 21.9 Å². The fourth-order valence-corrected chi connectivity index (χ4v) is 1.73. The van der Waals surface area contributed by atoms with Gasteiger partial charge >= 0.3 is 0 Å². The summed E-state index contributed by atoms with van der Waals surface area (Å²) in [7, 11) is 1.65. The van der Waals surface area contributed by atoms with E-state index in [0.29, 0.717) is 12.3 Å². The molecule has 2 aromatic rings. The van der Waals surface area contributed by atoms with Crippen LogP contribution in [0.2, 0.25) is 0 Å². The van der Waals surface area contributed by atoms with Crippen LogP contribution in [0.4, 0.5) is 0 Å². The third-order valence-corrected chi connectivity index (χ3v) is 2.59. The van der Waals surface area contributed by atoms with Gasteiger partial charge in [0.25, 0.3) is 5.91 Å². The lowest BCUT2D eigenvalue weighted by atomic mass is 10.2. The maximum Gasteiger partial charge on any atom is 0.289 e. The monoisotopic (exact) mass is 258 g/mol. The summed E-state index contributed by atoms with van der Waals surface area (Å²) in [5.74, 6) is 0.145. The second-order valence-corrected chi connectivity index (χ2v) is 4.29. The van der Waals surface area contributed by atoms with Crippen molar-refractivity contribution in [3.63, 3.8) is 0 Å². The Kier molecular flexibility index (Phi) is 3.75. The molecule has 0 atom stereocenters. The number of hydrogen-bond donors (Lipinski definition) is 0. The number of carbonyl (C=O) groups is 1. The molecule has 5 heteroatoms. The van der Waals surface area contributed by atoms with E-state index in [1.54, 1.807) is 32.4 Å². The van der Waals surface area contributed by atoms with E-state index in [2.05, 4.69) is 4.98 Å².